The van der Waals surface area contributed by atoms with E-state index in [2.05, 4.69) is 37.4 Å². The number of nitrogens with one attached hydrogen (secondary N) is 1. The van der Waals surface area contributed by atoms with Crippen LogP contribution in [-0.4, -0.2) is 12.7 Å². The van der Waals surface area contributed by atoms with Crippen molar-refractivity contribution in [2.24, 2.45) is 0 Å². The lowest BCUT2D eigenvalue weighted by atomic mass is 9.99. The van der Waals surface area contributed by atoms with Crippen molar-refractivity contribution in [3.8, 4) is 11.5 Å². The monoisotopic (exact) mass is 325 g/mol. The van der Waals surface area contributed by atoms with E-state index in [1.807, 2.05) is 25.1 Å². The van der Waals surface area contributed by atoms with Crippen molar-refractivity contribution in [2.75, 3.05) is 6.79 Å². The highest BCUT2D eigenvalue weighted by Gasteiger charge is 2.15. The minimum atomic E-state index is 0.00848. The van der Waals surface area contributed by atoms with E-state index in [9.17, 15) is 4.79 Å². The van der Waals surface area contributed by atoms with Crippen LogP contribution in [0.25, 0.3) is 0 Å². The van der Waals surface area contributed by atoms with E-state index in [1.165, 1.54) is 16.7 Å². The molecule has 1 atom stereocenters. The molecule has 0 fully saturated rings. The highest BCUT2D eigenvalue weighted by Crippen LogP contribution is 2.32. The minimum Gasteiger partial charge on any atom is -0.454 e. The molecule has 0 spiro atoms. The normalized spacial score (nSPS) is 13.6. The summed E-state index contributed by atoms with van der Waals surface area (Å²) in [4.78, 5) is 12.3. The Morgan fingerprint density at radius 2 is 1.92 bits per heavy atom. The van der Waals surface area contributed by atoms with Gasteiger partial charge in [-0.3, -0.25) is 4.79 Å². The molecule has 0 aromatic heterocycles. The van der Waals surface area contributed by atoms with Crippen molar-refractivity contribution < 1.29 is 14.3 Å². The molecule has 24 heavy (non-hydrogen) atoms. The van der Waals surface area contributed by atoms with E-state index in [1.54, 1.807) is 0 Å². The molecule has 0 radical (unpaired) electrons. The first-order chi connectivity index (χ1) is 11.5. The van der Waals surface area contributed by atoms with E-state index in [-0.39, 0.29) is 18.7 Å². The zero-order valence-corrected chi connectivity index (χ0v) is 14.4. The summed E-state index contributed by atoms with van der Waals surface area (Å²) in [6, 6.07) is 12.2. The minimum absolute atomic E-state index is 0.00848. The Hall–Kier alpha value is -2.49. The van der Waals surface area contributed by atoms with Gasteiger partial charge in [-0.25, -0.2) is 0 Å². The van der Waals surface area contributed by atoms with Gasteiger partial charge in [0.05, 0.1) is 6.04 Å². The van der Waals surface area contributed by atoms with Crippen LogP contribution in [0.1, 0.15) is 41.6 Å². The average molecular weight is 325 g/mol. The fourth-order valence-corrected chi connectivity index (χ4v) is 2.97. The number of carbonyl (C=O) groups excluding carboxylic acids is 1. The smallest absolute Gasteiger partial charge is 0.231 e. The van der Waals surface area contributed by atoms with Crippen LogP contribution in [-0.2, 0) is 11.2 Å². The van der Waals surface area contributed by atoms with Crippen molar-refractivity contribution in [2.45, 2.75) is 39.7 Å². The molecule has 4 heteroatoms. The zero-order valence-electron chi connectivity index (χ0n) is 14.4. The number of aryl methyl sites for hydroxylation is 3. The van der Waals surface area contributed by atoms with Gasteiger partial charge in [-0.15, -0.1) is 0 Å². The van der Waals surface area contributed by atoms with Crippen LogP contribution >= 0.6 is 0 Å². The summed E-state index contributed by atoms with van der Waals surface area (Å²) in [6.45, 7) is 6.44. The van der Waals surface area contributed by atoms with Crippen LogP contribution in [0.15, 0.2) is 36.4 Å². The summed E-state index contributed by atoms with van der Waals surface area (Å²) < 4.78 is 10.7. The first-order valence-corrected chi connectivity index (χ1v) is 8.28. The first-order valence-electron chi connectivity index (χ1n) is 8.28. The summed E-state index contributed by atoms with van der Waals surface area (Å²) in [5, 5.41) is 3.09. The third-order valence-electron chi connectivity index (χ3n) is 4.36. The molecule has 3 rings (SSSR count). The molecule has 0 bridgehead atoms. The van der Waals surface area contributed by atoms with E-state index in [0.29, 0.717) is 12.8 Å². The van der Waals surface area contributed by atoms with Gasteiger partial charge in [0, 0.05) is 6.42 Å². The fraction of sp³-hybridized carbons (Fsp3) is 0.350. The van der Waals surface area contributed by atoms with E-state index >= 15 is 0 Å². The highest BCUT2D eigenvalue weighted by molar-refractivity contribution is 5.76. The van der Waals surface area contributed by atoms with Gasteiger partial charge >= 0.3 is 0 Å². The van der Waals surface area contributed by atoms with Crippen molar-refractivity contribution in [3.63, 3.8) is 0 Å². The lowest BCUT2D eigenvalue weighted by Gasteiger charge is -2.17. The predicted molar refractivity (Wildman–Crippen MR) is 93.4 cm³/mol. The molecule has 126 valence electrons. The third kappa shape index (κ3) is 3.70. The van der Waals surface area contributed by atoms with Gasteiger partial charge in [-0.05, 0) is 56.0 Å². The molecule has 0 unspecified atom stereocenters. The van der Waals surface area contributed by atoms with Gasteiger partial charge in [0.1, 0.15) is 0 Å². The number of rotatable bonds is 5. The Balaban J connectivity index is 1.56. The number of fused-ring (bicyclic) bond motifs is 1. The standard InChI is InChI=1S/C20H23NO3/c1-13-4-5-14(2)17(10-13)15(3)21-20(22)9-7-16-6-8-18-19(11-16)24-12-23-18/h4-6,8,10-11,15H,7,9,12H2,1-3H3,(H,21,22)/t15-/m0/s1. The molecule has 0 aliphatic carbocycles. The second kappa shape index (κ2) is 6.95. The molecule has 0 saturated heterocycles. The van der Waals surface area contributed by atoms with Crippen molar-refractivity contribution in [1.82, 2.24) is 5.32 Å². The Bertz CT molecular complexity index is 755. The second-order valence-corrected chi connectivity index (χ2v) is 6.34. The van der Waals surface area contributed by atoms with Crippen molar-refractivity contribution in [3.05, 3.63) is 58.7 Å². The lowest BCUT2D eigenvalue weighted by Crippen LogP contribution is -2.27. The third-order valence-corrected chi connectivity index (χ3v) is 4.36. The molecule has 2 aromatic carbocycles. The molecule has 1 amide bonds. The molecule has 1 heterocycles. The number of carbonyl (C=O) groups is 1. The summed E-state index contributed by atoms with van der Waals surface area (Å²) in [6.07, 6.45) is 1.14. The molecular weight excluding hydrogens is 302 g/mol. The van der Waals surface area contributed by atoms with Crippen LogP contribution in [0.5, 0.6) is 11.5 Å². The van der Waals surface area contributed by atoms with Crippen LogP contribution < -0.4 is 14.8 Å². The number of ether oxygens (including phenoxy) is 2. The second-order valence-electron chi connectivity index (χ2n) is 6.34. The van der Waals surface area contributed by atoms with Crippen molar-refractivity contribution in [1.29, 1.82) is 0 Å². The molecular formula is C20H23NO3. The number of hydrogen-bond donors (Lipinski definition) is 1. The summed E-state index contributed by atoms with van der Waals surface area (Å²) in [5.41, 5.74) is 4.65. The van der Waals surface area contributed by atoms with Crippen molar-refractivity contribution >= 4 is 5.91 Å². The van der Waals surface area contributed by atoms with Crippen LogP contribution in [0.4, 0.5) is 0 Å². The quantitative estimate of drug-likeness (QED) is 0.908. The number of benzene rings is 2. The van der Waals surface area contributed by atoms with Gasteiger partial charge < -0.3 is 14.8 Å². The van der Waals surface area contributed by atoms with Crippen LogP contribution in [0.2, 0.25) is 0 Å². The topological polar surface area (TPSA) is 47.6 Å². The van der Waals surface area contributed by atoms with Crippen LogP contribution in [0, 0.1) is 13.8 Å². The first kappa shape index (κ1) is 16.4. The number of amides is 1. The van der Waals surface area contributed by atoms with Gasteiger partial charge in [0.15, 0.2) is 11.5 Å². The van der Waals surface area contributed by atoms with E-state index < -0.39 is 0 Å². The Morgan fingerprint density at radius 3 is 2.75 bits per heavy atom. The predicted octanol–water partition coefficient (Wildman–Crippen LogP) is 3.84. The van der Waals surface area contributed by atoms with Gasteiger partial charge in [-0.2, -0.15) is 0 Å². The highest BCUT2D eigenvalue weighted by atomic mass is 16.7. The molecule has 4 nitrogen and oxygen atoms in total. The zero-order chi connectivity index (χ0) is 17.1. The Morgan fingerprint density at radius 1 is 1.12 bits per heavy atom. The molecule has 2 aromatic rings. The molecule has 0 saturated carbocycles. The number of hydrogen-bond acceptors (Lipinski definition) is 3. The SMILES string of the molecule is Cc1ccc(C)c([C@H](C)NC(=O)CCc2ccc3c(c2)OCO3)c1. The fourth-order valence-electron chi connectivity index (χ4n) is 2.97. The maximum atomic E-state index is 12.3. The van der Waals surface area contributed by atoms with Crippen LogP contribution in [0.3, 0.4) is 0 Å². The van der Waals surface area contributed by atoms with Gasteiger partial charge in [0.2, 0.25) is 12.7 Å². The molecule has 1 aliphatic heterocycles. The van der Waals surface area contributed by atoms with Gasteiger partial charge in [-0.1, -0.05) is 29.8 Å². The average Bonchev–Trinajstić information content (AvgIpc) is 3.02. The van der Waals surface area contributed by atoms with E-state index in [0.717, 1.165) is 17.1 Å². The lowest BCUT2D eigenvalue weighted by molar-refractivity contribution is -0.121. The molecule has 1 aliphatic rings. The Labute approximate surface area is 142 Å². The summed E-state index contributed by atoms with van der Waals surface area (Å²) >= 11 is 0. The maximum Gasteiger partial charge on any atom is 0.231 e. The molecule has 1 N–H and O–H groups in total. The van der Waals surface area contributed by atoms with E-state index in [4.69, 9.17) is 9.47 Å². The Kier molecular flexibility index (Phi) is 4.74. The largest absolute Gasteiger partial charge is 0.454 e. The summed E-state index contributed by atoms with van der Waals surface area (Å²) in [5.74, 6) is 1.59. The summed E-state index contributed by atoms with van der Waals surface area (Å²) in [7, 11) is 0. The maximum absolute atomic E-state index is 12.3. The van der Waals surface area contributed by atoms with Gasteiger partial charge in [0.25, 0.3) is 0 Å².